The fourth-order valence-electron chi connectivity index (χ4n) is 2.97. The molecule has 1 aliphatic heterocycles. The van der Waals surface area contributed by atoms with Crippen LogP contribution < -0.4 is 4.90 Å². The molecule has 0 radical (unpaired) electrons. The maximum atomic E-state index is 11.9. The molecule has 0 unspecified atom stereocenters. The van der Waals surface area contributed by atoms with Gasteiger partial charge in [0.1, 0.15) is 12.7 Å². The first-order chi connectivity index (χ1) is 11.7. The summed E-state index contributed by atoms with van der Waals surface area (Å²) < 4.78 is 1.95. The van der Waals surface area contributed by atoms with Crippen LogP contribution in [0.5, 0.6) is 0 Å². The van der Waals surface area contributed by atoms with E-state index in [1.165, 1.54) is 0 Å². The number of rotatable bonds is 2. The van der Waals surface area contributed by atoms with Gasteiger partial charge in [0.25, 0.3) is 0 Å². The molecule has 7 heteroatoms. The summed E-state index contributed by atoms with van der Waals surface area (Å²) in [4.78, 5) is 29.2. The van der Waals surface area contributed by atoms with E-state index in [0.717, 1.165) is 29.2 Å². The molecular formula is C17H18N6O. The molecule has 24 heavy (non-hydrogen) atoms. The molecule has 0 atom stereocenters. The topological polar surface area (TPSA) is 67.2 Å². The highest BCUT2D eigenvalue weighted by molar-refractivity contribution is 5.85. The number of benzene rings is 1. The minimum atomic E-state index is 0.164. The number of amides is 1. The molecule has 0 N–H and O–H groups in total. The summed E-state index contributed by atoms with van der Waals surface area (Å²) in [6, 6.07) is 9.98. The van der Waals surface area contributed by atoms with E-state index in [4.69, 9.17) is 0 Å². The fourth-order valence-corrected chi connectivity index (χ4v) is 2.97. The number of nitrogens with zero attached hydrogens (tertiary/aromatic N) is 6. The lowest BCUT2D eigenvalue weighted by Gasteiger charge is -2.21. The molecule has 3 aromatic rings. The van der Waals surface area contributed by atoms with Crippen LogP contribution in [0.2, 0.25) is 0 Å². The van der Waals surface area contributed by atoms with Crippen molar-refractivity contribution < 1.29 is 4.79 Å². The lowest BCUT2D eigenvalue weighted by Crippen LogP contribution is -2.30. The summed E-state index contributed by atoms with van der Waals surface area (Å²) in [6.07, 6.45) is 3.82. The Balaban J connectivity index is 1.75. The van der Waals surface area contributed by atoms with Gasteiger partial charge in [-0.05, 0) is 12.1 Å². The largest absolute Gasteiger partial charge is 0.352 e. The van der Waals surface area contributed by atoms with Crippen molar-refractivity contribution >= 4 is 22.9 Å². The Hall–Kier alpha value is -2.96. The minimum absolute atomic E-state index is 0.164. The predicted octanol–water partition coefficient (Wildman–Crippen LogP) is 1.48. The van der Waals surface area contributed by atoms with Gasteiger partial charge in [-0.25, -0.2) is 15.0 Å². The van der Waals surface area contributed by atoms with Gasteiger partial charge in [-0.3, -0.25) is 9.36 Å². The zero-order chi connectivity index (χ0) is 16.5. The van der Waals surface area contributed by atoms with Gasteiger partial charge in [0.15, 0.2) is 17.0 Å². The number of para-hydroxylation sites is 1. The van der Waals surface area contributed by atoms with Crippen LogP contribution in [0.1, 0.15) is 6.42 Å². The highest BCUT2D eigenvalue weighted by atomic mass is 16.2. The van der Waals surface area contributed by atoms with Crippen molar-refractivity contribution in [2.75, 3.05) is 31.6 Å². The summed E-state index contributed by atoms with van der Waals surface area (Å²) in [5, 5.41) is 0. The molecule has 2 aromatic heterocycles. The maximum absolute atomic E-state index is 11.9. The van der Waals surface area contributed by atoms with E-state index >= 15 is 0 Å². The highest BCUT2D eigenvalue weighted by Crippen LogP contribution is 2.24. The second-order valence-electron chi connectivity index (χ2n) is 5.87. The van der Waals surface area contributed by atoms with Crippen LogP contribution in [0.4, 0.5) is 5.82 Å². The smallest absolute Gasteiger partial charge is 0.224 e. The van der Waals surface area contributed by atoms with Crippen molar-refractivity contribution in [3.63, 3.8) is 0 Å². The highest BCUT2D eigenvalue weighted by Gasteiger charge is 2.22. The van der Waals surface area contributed by atoms with Crippen molar-refractivity contribution in [1.29, 1.82) is 0 Å². The van der Waals surface area contributed by atoms with Gasteiger partial charge < -0.3 is 9.80 Å². The zero-order valence-corrected chi connectivity index (χ0v) is 13.5. The van der Waals surface area contributed by atoms with Crippen molar-refractivity contribution in [3.05, 3.63) is 43.0 Å². The molecule has 0 spiro atoms. The van der Waals surface area contributed by atoms with Gasteiger partial charge in [-0.1, -0.05) is 18.2 Å². The third kappa shape index (κ3) is 2.47. The van der Waals surface area contributed by atoms with E-state index in [2.05, 4.69) is 19.9 Å². The number of aromatic nitrogens is 4. The molecule has 1 saturated heterocycles. The number of hydrogen-bond donors (Lipinski definition) is 0. The Morgan fingerprint density at radius 3 is 2.67 bits per heavy atom. The van der Waals surface area contributed by atoms with Crippen LogP contribution in [0.15, 0.2) is 43.0 Å². The Bertz CT molecular complexity index is 875. The Morgan fingerprint density at radius 2 is 1.83 bits per heavy atom. The molecule has 1 amide bonds. The number of carbonyl (C=O) groups excluding carboxylic acids is 1. The van der Waals surface area contributed by atoms with E-state index in [1.807, 2.05) is 41.9 Å². The first-order valence-electron chi connectivity index (χ1n) is 7.96. The van der Waals surface area contributed by atoms with Gasteiger partial charge in [0, 0.05) is 38.8 Å². The van der Waals surface area contributed by atoms with Gasteiger partial charge >= 0.3 is 0 Å². The molecule has 1 aromatic carbocycles. The van der Waals surface area contributed by atoms with E-state index in [1.54, 1.807) is 17.6 Å². The molecular weight excluding hydrogens is 304 g/mol. The second-order valence-corrected chi connectivity index (χ2v) is 5.87. The average molecular weight is 322 g/mol. The average Bonchev–Trinajstić information content (AvgIpc) is 2.99. The summed E-state index contributed by atoms with van der Waals surface area (Å²) in [5.74, 6) is 0.954. The molecule has 0 bridgehead atoms. The van der Waals surface area contributed by atoms with Gasteiger partial charge in [0.05, 0.1) is 0 Å². The molecule has 0 saturated carbocycles. The molecule has 4 rings (SSSR count). The predicted molar refractivity (Wildman–Crippen MR) is 91.1 cm³/mol. The number of carbonyl (C=O) groups is 1. The first-order valence-corrected chi connectivity index (χ1v) is 7.96. The van der Waals surface area contributed by atoms with Crippen molar-refractivity contribution in [2.45, 2.75) is 6.42 Å². The van der Waals surface area contributed by atoms with Crippen molar-refractivity contribution in [1.82, 2.24) is 24.4 Å². The molecule has 1 fully saturated rings. The summed E-state index contributed by atoms with van der Waals surface area (Å²) in [6.45, 7) is 2.07. The van der Waals surface area contributed by atoms with E-state index in [0.29, 0.717) is 19.5 Å². The Morgan fingerprint density at radius 1 is 1.00 bits per heavy atom. The number of likely N-dealkylation sites (N-methyl/N-ethyl adjacent to an activating group) is 1. The molecule has 122 valence electrons. The van der Waals surface area contributed by atoms with Crippen LogP contribution in [0.25, 0.3) is 16.9 Å². The third-order valence-electron chi connectivity index (χ3n) is 4.37. The number of fused-ring (bicyclic) bond motifs is 1. The summed E-state index contributed by atoms with van der Waals surface area (Å²) in [7, 11) is 1.84. The fraction of sp³-hybridized carbons (Fsp3) is 0.294. The normalized spacial score (nSPS) is 15.8. The number of hydrogen-bond acceptors (Lipinski definition) is 5. The lowest BCUT2D eigenvalue weighted by atomic mass is 10.3. The van der Waals surface area contributed by atoms with Crippen LogP contribution >= 0.6 is 0 Å². The second kappa shape index (κ2) is 5.92. The monoisotopic (exact) mass is 322 g/mol. The Labute approximate surface area is 139 Å². The molecule has 1 aliphatic rings. The van der Waals surface area contributed by atoms with Gasteiger partial charge in [0.2, 0.25) is 5.91 Å². The summed E-state index contributed by atoms with van der Waals surface area (Å²) in [5.41, 5.74) is 2.55. The SMILES string of the molecule is CN1CCN(c2ncnc3c2ncn3-c2ccccc2)CCC1=O. The van der Waals surface area contributed by atoms with Crippen LogP contribution in [0.3, 0.4) is 0 Å². The van der Waals surface area contributed by atoms with Crippen LogP contribution in [-0.2, 0) is 4.79 Å². The first kappa shape index (κ1) is 14.6. The van der Waals surface area contributed by atoms with E-state index in [-0.39, 0.29) is 5.91 Å². The minimum Gasteiger partial charge on any atom is -0.352 e. The standard InChI is InChI=1S/C17H18N6O/c1-21-9-10-22(8-7-14(21)24)16-15-17(19-11-18-16)23(12-20-15)13-5-3-2-4-6-13/h2-6,11-12H,7-10H2,1H3. The van der Waals surface area contributed by atoms with Crippen LogP contribution in [-0.4, -0.2) is 57.0 Å². The number of imidazole rings is 1. The van der Waals surface area contributed by atoms with Crippen molar-refractivity contribution in [3.8, 4) is 5.69 Å². The third-order valence-corrected chi connectivity index (χ3v) is 4.37. The molecule has 7 nitrogen and oxygen atoms in total. The quantitative estimate of drug-likeness (QED) is 0.715. The zero-order valence-electron chi connectivity index (χ0n) is 13.5. The van der Waals surface area contributed by atoms with Gasteiger partial charge in [-0.2, -0.15) is 0 Å². The van der Waals surface area contributed by atoms with Crippen molar-refractivity contribution in [2.24, 2.45) is 0 Å². The Kier molecular flexibility index (Phi) is 3.60. The molecule has 0 aliphatic carbocycles. The number of anilines is 1. The summed E-state index contributed by atoms with van der Waals surface area (Å²) >= 11 is 0. The van der Waals surface area contributed by atoms with E-state index in [9.17, 15) is 4.79 Å². The lowest BCUT2D eigenvalue weighted by molar-refractivity contribution is -0.129. The van der Waals surface area contributed by atoms with Gasteiger partial charge in [-0.15, -0.1) is 0 Å². The van der Waals surface area contributed by atoms with Crippen LogP contribution in [0, 0.1) is 0 Å². The maximum Gasteiger partial charge on any atom is 0.224 e. The van der Waals surface area contributed by atoms with E-state index < -0.39 is 0 Å². The molecule has 3 heterocycles.